The Kier molecular flexibility index (Phi) is 11.7. The number of anilines is 1. The van der Waals surface area contributed by atoms with E-state index in [1.807, 2.05) is 24.3 Å². The van der Waals surface area contributed by atoms with E-state index in [0.717, 1.165) is 41.5 Å². The van der Waals surface area contributed by atoms with Gasteiger partial charge in [0.25, 0.3) is 0 Å². The number of carbonyl (C=O) groups excluding carboxylic acids is 2. The van der Waals surface area contributed by atoms with Gasteiger partial charge in [0.2, 0.25) is 5.91 Å². The number of ether oxygens (including phenoxy) is 2. The number of aromatic nitrogens is 3. The second-order valence-corrected chi connectivity index (χ2v) is 11.1. The van der Waals surface area contributed by atoms with Gasteiger partial charge >= 0.3 is 6.09 Å². The number of alkyl carbamates (subject to hydrolysis) is 1. The molecule has 0 aliphatic carbocycles. The van der Waals surface area contributed by atoms with Crippen molar-refractivity contribution in [2.45, 2.75) is 78.0 Å². The smallest absolute Gasteiger partial charge is 0.407 e. The van der Waals surface area contributed by atoms with Gasteiger partial charge in [-0.2, -0.15) is 0 Å². The predicted octanol–water partition coefficient (Wildman–Crippen LogP) is 2.59. The molecule has 0 saturated carbocycles. The second-order valence-electron chi connectivity index (χ2n) is 11.1. The fraction of sp³-hybridized carbons (Fsp3) is 0.552. The molecule has 0 aliphatic rings. The lowest BCUT2D eigenvalue weighted by Gasteiger charge is -2.23. The van der Waals surface area contributed by atoms with E-state index in [0.29, 0.717) is 44.1 Å². The third-order valence-electron chi connectivity index (χ3n) is 6.41. The molecule has 1 unspecified atom stereocenters. The summed E-state index contributed by atoms with van der Waals surface area (Å²) in [5, 5.41) is 6.58. The molecule has 0 spiro atoms. The molecule has 42 heavy (non-hydrogen) atoms. The topological polar surface area (TPSA) is 198 Å². The van der Waals surface area contributed by atoms with E-state index in [4.69, 9.17) is 31.7 Å². The van der Waals surface area contributed by atoms with Gasteiger partial charge in [-0.05, 0) is 39.7 Å². The van der Waals surface area contributed by atoms with Crippen molar-refractivity contribution in [1.29, 1.82) is 0 Å². The van der Waals surface area contributed by atoms with Gasteiger partial charge in [0.15, 0.2) is 11.8 Å². The molecule has 0 saturated heterocycles. The molecule has 2 heterocycles. The first-order valence-electron chi connectivity index (χ1n) is 14.4. The Morgan fingerprint density at radius 1 is 1.14 bits per heavy atom. The largest absolute Gasteiger partial charge is 0.444 e. The molecule has 1 atom stereocenters. The summed E-state index contributed by atoms with van der Waals surface area (Å²) in [6.07, 6.45) is 2.82. The molecule has 0 fully saturated rings. The number of nitrogen functional groups attached to an aromatic ring is 1. The van der Waals surface area contributed by atoms with Crippen LogP contribution in [0, 0.1) is 0 Å². The summed E-state index contributed by atoms with van der Waals surface area (Å²) in [5.74, 6) is 1.12. The highest BCUT2D eigenvalue weighted by Crippen LogP contribution is 2.29. The maximum atomic E-state index is 12.4. The number of imidazole rings is 1. The van der Waals surface area contributed by atoms with E-state index in [-0.39, 0.29) is 24.8 Å². The number of benzene rings is 1. The van der Waals surface area contributed by atoms with Crippen LogP contribution in [0.5, 0.6) is 0 Å². The van der Waals surface area contributed by atoms with Crippen LogP contribution in [0.2, 0.25) is 0 Å². The zero-order chi connectivity index (χ0) is 30.7. The van der Waals surface area contributed by atoms with Crippen molar-refractivity contribution in [2.75, 3.05) is 32.0 Å². The Bertz CT molecular complexity index is 1380. The summed E-state index contributed by atoms with van der Waals surface area (Å²) in [6.45, 7) is 9.33. The quantitative estimate of drug-likeness (QED) is 0.101. The maximum Gasteiger partial charge on any atom is 0.407 e. The van der Waals surface area contributed by atoms with E-state index in [1.165, 1.54) is 0 Å². The van der Waals surface area contributed by atoms with E-state index >= 15 is 0 Å². The zero-order valence-electron chi connectivity index (χ0n) is 25.1. The lowest BCUT2D eigenvalue weighted by Crippen LogP contribution is -2.42. The molecule has 1 aromatic carbocycles. The fourth-order valence-corrected chi connectivity index (χ4v) is 4.48. The average molecular weight is 584 g/mol. The standard InChI is InChI=1S/C29H45N9O4/c1-5-6-11-22-37-24-25(20-9-7-8-10-21(20)36-26(24)30)38(22)15-17-41-16-14-33-23(39)13-12-19(18-34-27(31)32)35-28(40)42-29(2,3)4/h7-10,19H,5-6,11-18H2,1-4H3,(H2,30,36)(H,33,39)(H,35,40)(H4,31,32,34). The molecule has 2 amide bonds. The first kappa shape index (κ1) is 32.4. The number of nitrogens with zero attached hydrogens (tertiary/aromatic N) is 4. The van der Waals surface area contributed by atoms with Crippen LogP contribution in [-0.2, 0) is 27.2 Å². The van der Waals surface area contributed by atoms with Crippen molar-refractivity contribution in [1.82, 2.24) is 25.2 Å². The number of pyridine rings is 1. The van der Waals surface area contributed by atoms with Crippen LogP contribution in [0.3, 0.4) is 0 Å². The molecule has 3 rings (SSSR count). The first-order valence-corrected chi connectivity index (χ1v) is 14.4. The number of amides is 2. The fourth-order valence-electron chi connectivity index (χ4n) is 4.48. The van der Waals surface area contributed by atoms with E-state index in [2.05, 4.69) is 32.1 Å². The van der Waals surface area contributed by atoms with Gasteiger partial charge in [-0.3, -0.25) is 9.79 Å². The van der Waals surface area contributed by atoms with Gasteiger partial charge in [-0.15, -0.1) is 0 Å². The van der Waals surface area contributed by atoms with Crippen LogP contribution in [0.15, 0.2) is 29.3 Å². The van der Waals surface area contributed by atoms with Gasteiger partial charge in [0, 0.05) is 31.3 Å². The second kappa shape index (κ2) is 15.2. The number of hydrogen-bond acceptors (Lipinski definition) is 8. The van der Waals surface area contributed by atoms with Gasteiger partial charge in [-0.1, -0.05) is 31.5 Å². The number of para-hydroxylation sites is 1. The van der Waals surface area contributed by atoms with Crippen LogP contribution in [-0.4, -0.2) is 70.4 Å². The van der Waals surface area contributed by atoms with Crippen molar-refractivity contribution in [3.63, 3.8) is 0 Å². The summed E-state index contributed by atoms with van der Waals surface area (Å²) in [6, 6.07) is 7.45. The number of nitrogens with one attached hydrogen (secondary N) is 2. The molecule has 13 heteroatoms. The molecular formula is C29H45N9O4. The molecule has 0 aliphatic heterocycles. The Morgan fingerprint density at radius 2 is 1.90 bits per heavy atom. The van der Waals surface area contributed by atoms with Crippen molar-refractivity contribution >= 4 is 45.7 Å². The molecule has 8 N–H and O–H groups in total. The molecule has 3 aromatic rings. The lowest BCUT2D eigenvalue weighted by atomic mass is 10.1. The molecule has 0 bridgehead atoms. The maximum absolute atomic E-state index is 12.4. The first-order chi connectivity index (χ1) is 20.0. The van der Waals surface area contributed by atoms with Gasteiger partial charge in [0.1, 0.15) is 16.9 Å². The highest BCUT2D eigenvalue weighted by atomic mass is 16.6. The van der Waals surface area contributed by atoms with E-state index in [1.54, 1.807) is 20.8 Å². The third kappa shape index (κ3) is 9.75. The average Bonchev–Trinajstić information content (AvgIpc) is 3.29. The minimum absolute atomic E-state index is 0.0953. The summed E-state index contributed by atoms with van der Waals surface area (Å²) >= 11 is 0. The van der Waals surface area contributed by atoms with Crippen molar-refractivity contribution < 1.29 is 19.1 Å². The van der Waals surface area contributed by atoms with Crippen molar-refractivity contribution in [3.05, 3.63) is 30.1 Å². The van der Waals surface area contributed by atoms with Crippen LogP contribution in [0.1, 0.15) is 59.2 Å². The van der Waals surface area contributed by atoms with Crippen LogP contribution < -0.4 is 27.8 Å². The number of hydrogen-bond donors (Lipinski definition) is 5. The summed E-state index contributed by atoms with van der Waals surface area (Å²) < 4.78 is 13.3. The minimum atomic E-state index is -0.650. The van der Waals surface area contributed by atoms with Crippen molar-refractivity contribution in [3.8, 4) is 0 Å². The Balaban J connectivity index is 1.50. The highest BCUT2D eigenvalue weighted by Gasteiger charge is 2.20. The number of carbonyl (C=O) groups is 2. The Morgan fingerprint density at radius 3 is 2.62 bits per heavy atom. The molecule has 230 valence electrons. The normalized spacial score (nSPS) is 12.3. The van der Waals surface area contributed by atoms with Crippen LogP contribution in [0.25, 0.3) is 21.9 Å². The van der Waals surface area contributed by atoms with E-state index in [9.17, 15) is 9.59 Å². The van der Waals surface area contributed by atoms with Crippen LogP contribution in [0.4, 0.5) is 10.6 Å². The highest BCUT2D eigenvalue weighted by molar-refractivity contribution is 6.06. The zero-order valence-corrected chi connectivity index (χ0v) is 25.1. The number of unbranched alkanes of at least 4 members (excludes halogenated alkanes) is 1. The number of nitrogens with two attached hydrogens (primary N) is 3. The Labute approximate surface area is 246 Å². The SMILES string of the molecule is CCCCc1nc2c(N)nc3ccccc3c2n1CCOCCNC(=O)CCC(CN=C(N)N)NC(=O)OC(C)(C)C. The molecule has 2 aromatic heterocycles. The number of aryl methyl sites for hydroxylation is 1. The monoisotopic (exact) mass is 583 g/mol. The van der Waals surface area contributed by atoms with Crippen molar-refractivity contribution in [2.24, 2.45) is 16.5 Å². The summed E-state index contributed by atoms with van der Waals surface area (Å²) in [5.41, 5.74) is 19.0. The number of fused-ring (bicyclic) bond motifs is 3. The van der Waals surface area contributed by atoms with E-state index < -0.39 is 17.7 Å². The van der Waals surface area contributed by atoms with Gasteiger partial charge < -0.3 is 41.9 Å². The third-order valence-corrected chi connectivity index (χ3v) is 6.41. The lowest BCUT2D eigenvalue weighted by molar-refractivity contribution is -0.121. The number of rotatable bonds is 15. The summed E-state index contributed by atoms with van der Waals surface area (Å²) in [7, 11) is 0. The van der Waals surface area contributed by atoms with Crippen LogP contribution >= 0.6 is 0 Å². The Hall–Kier alpha value is -4.13. The van der Waals surface area contributed by atoms with Gasteiger partial charge in [-0.25, -0.2) is 14.8 Å². The molecular weight excluding hydrogens is 538 g/mol. The molecule has 13 nitrogen and oxygen atoms in total. The number of guanidine groups is 1. The molecule has 0 radical (unpaired) electrons. The number of aliphatic imine (C=N–C) groups is 1. The van der Waals surface area contributed by atoms with Gasteiger partial charge in [0.05, 0.1) is 36.8 Å². The summed E-state index contributed by atoms with van der Waals surface area (Å²) in [4.78, 5) is 37.9. The minimum Gasteiger partial charge on any atom is -0.444 e. The predicted molar refractivity (Wildman–Crippen MR) is 165 cm³/mol.